The largest absolute Gasteiger partial charge is 0.295 e. The van der Waals surface area contributed by atoms with Crippen LogP contribution in [-0.2, 0) is 4.79 Å². The minimum absolute atomic E-state index is 0.279. The van der Waals surface area contributed by atoms with Crippen LogP contribution in [0.25, 0.3) is 0 Å². The Bertz CT molecular complexity index is 543. The van der Waals surface area contributed by atoms with E-state index in [-0.39, 0.29) is 11.3 Å². The maximum absolute atomic E-state index is 11.7. The molecule has 6 unspecified atom stereocenters. The quantitative estimate of drug-likeness (QED) is 0.609. The first-order chi connectivity index (χ1) is 11.1. The predicted octanol–water partition coefficient (Wildman–Crippen LogP) is 5.29. The number of carbonyl (C=O) groups is 1. The second kappa shape index (κ2) is 6.42. The van der Waals surface area contributed by atoms with Gasteiger partial charge in [0.1, 0.15) is 0 Å². The zero-order valence-corrected chi connectivity index (χ0v) is 15.0. The van der Waals surface area contributed by atoms with Gasteiger partial charge >= 0.3 is 0 Å². The summed E-state index contributed by atoms with van der Waals surface area (Å²) in [7, 11) is 0. The molecular formula is C21H31NO. The lowest BCUT2D eigenvalue weighted by atomic mass is 9.51. The van der Waals surface area contributed by atoms with E-state index in [2.05, 4.69) is 13.0 Å². The Hall–Kier alpha value is -1.10. The van der Waals surface area contributed by atoms with E-state index in [0.29, 0.717) is 11.7 Å². The molecule has 0 aromatic heterocycles. The fourth-order valence-electron chi connectivity index (χ4n) is 6.39. The van der Waals surface area contributed by atoms with Gasteiger partial charge in [0.2, 0.25) is 0 Å². The molecular weight excluding hydrogens is 282 g/mol. The number of carbonyl (C=O) groups excluding carboxylic acids is 1. The normalized spacial score (nSPS) is 44.7. The van der Waals surface area contributed by atoms with Crippen molar-refractivity contribution in [3.63, 3.8) is 0 Å². The number of fused-ring (bicyclic) bond motifs is 5. The van der Waals surface area contributed by atoms with E-state index < -0.39 is 0 Å². The number of nitriles is 1. The SMILES string of the molecule is CC.CC12CCC3C4CCC(=O)C=C4CCC3C1CCC2C#N. The van der Waals surface area contributed by atoms with Crippen molar-refractivity contribution in [2.24, 2.45) is 35.0 Å². The minimum atomic E-state index is 0.279. The summed E-state index contributed by atoms with van der Waals surface area (Å²) in [5.74, 6) is 3.71. The average Bonchev–Trinajstić information content (AvgIpc) is 2.92. The molecule has 23 heavy (non-hydrogen) atoms. The van der Waals surface area contributed by atoms with Gasteiger partial charge in [0.05, 0.1) is 12.0 Å². The van der Waals surface area contributed by atoms with Crippen molar-refractivity contribution < 1.29 is 4.79 Å². The van der Waals surface area contributed by atoms with E-state index in [1.807, 2.05) is 19.9 Å². The fraction of sp³-hybridized carbons (Fsp3) is 0.810. The van der Waals surface area contributed by atoms with Crippen molar-refractivity contribution in [3.05, 3.63) is 11.6 Å². The maximum Gasteiger partial charge on any atom is 0.155 e. The zero-order valence-electron chi connectivity index (χ0n) is 15.0. The van der Waals surface area contributed by atoms with Gasteiger partial charge in [-0.2, -0.15) is 5.26 Å². The van der Waals surface area contributed by atoms with Crippen LogP contribution < -0.4 is 0 Å². The number of nitrogens with zero attached hydrogens (tertiary/aromatic N) is 1. The van der Waals surface area contributed by atoms with Crippen LogP contribution in [0.5, 0.6) is 0 Å². The van der Waals surface area contributed by atoms with Crippen molar-refractivity contribution in [1.82, 2.24) is 0 Å². The number of hydrogen-bond acceptors (Lipinski definition) is 2. The smallest absolute Gasteiger partial charge is 0.155 e. The Morgan fingerprint density at radius 2 is 1.87 bits per heavy atom. The molecule has 0 radical (unpaired) electrons. The molecule has 4 aliphatic carbocycles. The van der Waals surface area contributed by atoms with Crippen LogP contribution in [-0.4, -0.2) is 5.78 Å². The first-order valence-corrected chi connectivity index (χ1v) is 9.76. The molecule has 126 valence electrons. The third-order valence-corrected chi connectivity index (χ3v) is 7.46. The molecule has 0 saturated heterocycles. The highest BCUT2D eigenvalue weighted by molar-refractivity contribution is 5.91. The molecule has 0 heterocycles. The number of ketones is 1. The summed E-state index contributed by atoms with van der Waals surface area (Å²) in [6.45, 7) is 6.39. The van der Waals surface area contributed by atoms with E-state index in [9.17, 15) is 10.1 Å². The first kappa shape index (κ1) is 16.7. The molecule has 3 fully saturated rings. The molecule has 2 nitrogen and oxygen atoms in total. The molecule has 0 aromatic rings. The second-order valence-corrected chi connectivity index (χ2v) is 8.11. The van der Waals surface area contributed by atoms with Gasteiger partial charge in [-0.05, 0) is 80.1 Å². The molecule has 2 heteroatoms. The Morgan fingerprint density at radius 1 is 1.09 bits per heavy atom. The van der Waals surface area contributed by atoms with Crippen molar-refractivity contribution >= 4 is 5.78 Å². The Balaban J connectivity index is 0.000000753. The summed E-state index contributed by atoms with van der Waals surface area (Å²) in [5, 5.41) is 9.49. The third kappa shape index (κ3) is 2.57. The van der Waals surface area contributed by atoms with Gasteiger partial charge in [0, 0.05) is 6.42 Å². The van der Waals surface area contributed by atoms with Crippen molar-refractivity contribution in [2.45, 2.75) is 72.1 Å². The van der Waals surface area contributed by atoms with Gasteiger partial charge in [-0.3, -0.25) is 4.79 Å². The molecule has 0 bridgehead atoms. The van der Waals surface area contributed by atoms with Gasteiger partial charge in [-0.1, -0.05) is 26.3 Å². The standard InChI is InChI=1S/C19H25NO.C2H6/c1-19-9-8-16-15-6-4-14(21)10-12(15)2-5-17(16)18(19)7-3-13(19)11-20;1-2/h10,13,15-18H,2-9H2,1H3;1-2H3. The van der Waals surface area contributed by atoms with Crippen LogP contribution in [0, 0.1) is 46.3 Å². The first-order valence-electron chi connectivity index (χ1n) is 9.76. The molecule has 3 saturated carbocycles. The highest BCUT2D eigenvalue weighted by Crippen LogP contribution is 2.63. The van der Waals surface area contributed by atoms with E-state index in [4.69, 9.17) is 0 Å². The van der Waals surface area contributed by atoms with Crippen LogP contribution in [0.3, 0.4) is 0 Å². The molecule has 0 N–H and O–H groups in total. The number of allylic oxidation sites excluding steroid dienone is 1. The van der Waals surface area contributed by atoms with Crippen LogP contribution in [0.1, 0.15) is 72.1 Å². The van der Waals surface area contributed by atoms with Gasteiger partial charge < -0.3 is 0 Å². The van der Waals surface area contributed by atoms with E-state index in [0.717, 1.165) is 43.4 Å². The predicted molar refractivity (Wildman–Crippen MR) is 92.5 cm³/mol. The molecule has 0 aromatic carbocycles. The number of hydrogen-bond donors (Lipinski definition) is 0. The molecule has 0 aliphatic heterocycles. The molecule has 0 amide bonds. The zero-order chi connectivity index (χ0) is 16.6. The van der Waals surface area contributed by atoms with Crippen LogP contribution in [0.15, 0.2) is 11.6 Å². The van der Waals surface area contributed by atoms with Crippen molar-refractivity contribution in [2.75, 3.05) is 0 Å². The summed E-state index contributed by atoms with van der Waals surface area (Å²) in [4.78, 5) is 11.7. The number of rotatable bonds is 0. The molecule has 4 rings (SSSR count). The average molecular weight is 313 g/mol. The summed E-state index contributed by atoms with van der Waals surface area (Å²) in [6, 6.07) is 2.61. The molecule has 0 spiro atoms. The summed E-state index contributed by atoms with van der Waals surface area (Å²) in [6.07, 6.45) is 11.1. The van der Waals surface area contributed by atoms with E-state index in [1.54, 1.807) is 0 Å². The lowest BCUT2D eigenvalue weighted by molar-refractivity contribution is -0.116. The third-order valence-electron chi connectivity index (χ3n) is 7.46. The monoisotopic (exact) mass is 313 g/mol. The lowest BCUT2D eigenvalue weighted by Crippen LogP contribution is -2.46. The fourth-order valence-corrected chi connectivity index (χ4v) is 6.39. The Kier molecular flexibility index (Phi) is 4.68. The van der Waals surface area contributed by atoms with Crippen LogP contribution in [0.2, 0.25) is 0 Å². The van der Waals surface area contributed by atoms with Crippen molar-refractivity contribution in [3.8, 4) is 6.07 Å². The van der Waals surface area contributed by atoms with Gasteiger partial charge in [-0.15, -0.1) is 0 Å². The van der Waals surface area contributed by atoms with Gasteiger partial charge in [-0.25, -0.2) is 0 Å². The molecule has 4 aliphatic rings. The highest BCUT2D eigenvalue weighted by Gasteiger charge is 2.56. The minimum Gasteiger partial charge on any atom is -0.295 e. The van der Waals surface area contributed by atoms with E-state index >= 15 is 0 Å². The summed E-state index contributed by atoms with van der Waals surface area (Å²) in [5.41, 5.74) is 1.74. The van der Waals surface area contributed by atoms with Crippen LogP contribution in [0.4, 0.5) is 0 Å². The van der Waals surface area contributed by atoms with Crippen LogP contribution >= 0.6 is 0 Å². The molecule has 6 atom stereocenters. The van der Waals surface area contributed by atoms with Gasteiger partial charge in [0.15, 0.2) is 5.78 Å². The maximum atomic E-state index is 11.7. The Morgan fingerprint density at radius 3 is 2.61 bits per heavy atom. The van der Waals surface area contributed by atoms with Gasteiger partial charge in [0.25, 0.3) is 0 Å². The van der Waals surface area contributed by atoms with E-state index in [1.165, 1.54) is 31.3 Å². The summed E-state index contributed by atoms with van der Waals surface area (Å²) >= 11 is 0. The highest BCUT2D eigenvalue weighted by atomic mass is 16.1. The Labute approximate surface area is 141 Å². The van der Waals surface area contributed by atoms with Crippen molar-refractivity contribution in [1.29, 1.82) is 5.26 Å². The second-order valence-electron chi connectivity index (χ2n) is 8.11. The summed E-state index contributed by atoms with van der Waals surface area (Å²) < 4.78 is 0. The lowest BCUT2D eigenvalue weighted by Gasteiger charge is -2.53. The topological polar surface area (TPSA) is 40.9 Å².